The van der Waals surface area contributed by atoms with Gasteiger partial charge in [-0.2, -0.15) is 0 Å². The van der Waals surface area contributed by atoms with Gasteiger partial charge < -0.3 is 0 Å². The van der Waals surface area contributed by atoms with Gasteiger partial charge in [-0.3, -0.25) is 10.3 Å². The van der Waals surface area contributed by atoms with E-state index in [-0.39, 0.29) is 0 Å². The molecule has 0 saturated carbocycles. The summed E-state index contributed by atoms with van der Waals surface area (Å²) in [6.45, 7) is 2.87. The molecule has 9 heavy (non-hydrogen) atoms. The standard InChI is InChI=1S/C5H11N3O/c1-5-3-6-8(9-2)7-4-5/h3,6-7H,4H2,1-2H3. The quantitative estimate of drug-likeness (QED) is 0.513. The van der Waals surface area contributed by atoms with Gasteiger partial charge in [0.1, 0.15) is 0 Å². The molecule has 0 radical (unpaired) electrons. The van der Waals surface area contributed by atoms with Crippen LogP contribution in [0.15, 0.2) is 11.8 Å². The normalized spacial score (nSPS) is 20.9. The van der Waals surface area contributed by atoms with Gasteiger partial charge in [0.25, 0.3) is 0 Å². The van der Waals surface area contributed by atoms with E-state index in [1.807, 2.05) is 13.1 Å². The summed E-state index contributed by atoms with van der Waals surface area (Å²) >= 11 is 0. The predicted octanol–water partition coefficient (Wildman–Crippen LogP) is -0.224. The van der Waals surface area contributed by atoms with Gasteiger partial charge in [0.2, 0.25) is 0 Å². The Balaban J connectivity index is 2.36. The molecule has 1 rings (SSSR count). The minimum absolute atomic E-state index is 0.834. The van der Waals surface area contributed by atoms with E-state index in [2.05, 4.69) is 10.9 Å². The number of rotatable bonds is 1. The molecule has 0 aromatic carbocycles. The smallest absolute Gasteiger partial charge is 0.0611 e. The Morgan fingerprint density at radius 2 is 2.56 bits per heavy atom. The van der Waals surface area contributed by atoms with Crippen molar-refractivity contribution in [1.82, 2.24) is 16.1 Å². The maximum absolute atomic E-state index is 4.81. The second-order valence-corrected chi connectivity index (χ2v) is 1.93. The molecule has 1 aliphatic heterocycles. The number of nitrogens with zero attached hydrogens (tertiary/aromatic N) is 1. The molecule has 0 bridgehead atoms. The Morgan fingerprint density at radius 3 is 3.00 bits per heavy atom. The lowest BCUT2D eigenvalue weighted by atomic mass is 10.3. The van der Waals surface area contributed by atoms with E-state index in [1.165, 1.54) is 10.9 Å². The highest BCUT2D eigenvalue weighted by Crippen LogP contribution is 1.93. The summed E-state index contributed by atoms with van der Waals surface area (Å²) in [5, 5.41) is 1.45. The fourth-order valence-electron chi connectivity index (χ4n) is 0.579. The summed E-state index contributed by atoms with van der Waals surface area (Å²) in [7, 11) is 1.59. The summed E-state index contributed by atoms with van der Waals surface area (Å²) in [6.07, 6.45) is 1.89. The molecule has 0 aliphatic carbocycles. The monoisotopic (exact) mass is 129 g/mol. The van der Waals surface area contributed by atoms with Gasteiger partial charge in [0.15, 0.2) is 0 Å². The van der Waals surface area contributed by atoms with Crippen LogP contribution in [-0.4, -0.2) is 18.9 Å². The first-order valence-corrected chi connectivity index (χ1v) is 2.82. The first-order valence-electron chi connectivity index (χ1n) is 2.82. The summed E-state index contributed by atoms with van der Waals surface area (Å²) < 4.78 is 0. The summed E-state index contributed by atoms with van der Waals surface area (Å²) in [6, 6.07) is 0. The molecule has 0 unspecified atom stereocenters. The van der Waals surface area contributed by atoms with Gasteiger partial charge in [-0.15, -0.1) is 0 Å². The van der Waals surface area contributed by atoms with Crippen LogP contribution >= 0.6 is 0 Å². The Bertz CT molecular complexity index is 123. The number of hydrogen-bond donors (Lipinski definition) is 2. The summed E-state index contributed by atoms with van der Waals surface area (Å²) in [4.78, 5) is 4.81. The summed E-state index contributed by atoms with van der Waals surface area (Å²) in [5.41, 5.74) is 7.06. The van der Waals surface area contributed by atoms with Crippen molar-refractivity contribution in [1.29, 1.82) is 0 Å². The first-order chi connectivity index (χ1) is 4.33. The largest absolute Gasteiger partial charge is 0.289 e. The molecule has 0 saturated heterocycles. The third kappa shape index (κ3) is 1.67. The third-order valence-corrected chi connectivity index (χ3v) is 1.11. The SMILES string of the molecule is CON1NC=C(C)CN1. The van der Waals surface area contributed by atoms with E-state index in [1.54, 1.807) is 7.11 Å². The first kappa shape index (κ1) is 6.54. The van der Waals surface area contributed by atoms with Crippen LogP contribution in [0.5, 0.6) is 0 Å². The number of nitrogens with one attached hydrogen (secondary N) is 2. The van der Waals surface area contributed by atoms with Crippen LogP contribution in [0.3, 0.4) is 0 Å². The zero-order chi connectivity index (χ0) is 6.69. The highest BCUT2D eigenvalue weighted by Gasteiger charge is 2.03. The fraction of sp³-hybridized carbons (Fsp3) is 0.600. The van der Waals surface area contributed by atoms with Crippen molar-refractivity contribution in [2.24, 2.45) is 0 Å². The number of hydrogen-bond acceptors (Lipinski definition) is 4. The van der Waals surface area contributed by atoms with Crippen LogP contribution < -0.4 is 10.9 Å². The predicted molar refractivity (Wildman–Crippen MR) is 33.7 cm³/mol. The highest BCUT2D eigenvalue weighted by atomic mass is 16.7. The molecule has 0 spiro atoms. The Labute approximate surface area is 54.4 Å². The van der Waals surface area contributed by atoms with Gasteiger partial charge in [-0.1, -0.05) is 0 Å². The van der Waals surface area contributed by atoms with E-state index in [0.717, 1.165) is 6.54 Å². The second kappa shape index (κ2) is 2.82. The van der Waals surface area contributed by atoms with Crippen molar-refractivity contribution >= 4 is 0 Å². The van der Waals surface area contributed by atoms with Crippen molar-refractivity contribution in [2.75, 3.05) is 13.7 Å². The zero-order valence-corrected chi connectivity index (χ0v) is 5.64. The van der Waals surface area contributed by atoms with Gasteiger partial charge in [-0.05, 0) is 17.8 Å². The molecule has 1 aliphatic rings. The molecule has 4 heteroatoms. The van der Waals surface area contributed by atoms with Crippen LogP contribution in [0.2, 0.25) is 0 Å². The lowest BCUT2D eigenvalue weighted by Crippen LogP contribution is -2.48. The summed E-state index contributed by atoms with van der Waals surface area (Å²) in [5.74, 6) is 0. The lowest BCUT2D eigenvalue weighted by Gasteiger charge is -2.24. The minimum Gasteiger partial charge on any atom is -0.289 e. The third-order valence-electron chi connectivity index (χ3n) is 1.11. The van der Waals surface area contributed by atoms with E-state index in [0.29, 0.717) is 0 Å². The molecule has 2 N–H and O–H groups in total. The fourth-order valence-corrected chi connectivity index (χ4v) is 0.579. The van der Waals surface area contributed by atoms with Gasteiger partial charge >= 0.3 is 0 Å². The van der Waals surface area contributed by atoms with Crippen molar-refractivity contribution < 1.29 is 4.84 Å². The maximum atomic E-state index is 4.81. The van der Waals surface area contributed by atoms with Gasteiger partial charge in [-0.25, -0.2) is 5.43 Å². The van der Waals surface area contributed by atoms with E-state index < -0.39 is 0 Å². The van der Waals surface area contributed by atoms with Crippen molar-refractivity contribution in [2.45, 2.75) is 6.92 Å². The minimum atomic E-state index is 0.834. The second-order valence-electron chi connectivity index (χ2n) is 1.93. The molecule has 1 heterocycles. The van der Waals surface area contributed by atoms with Crippen LogP contribution in [-0.2, 0) is 4.84 Å². The van der Waals surface area contributed by atoms with Gasteiger partial charge in [0, 0.05) is 12.7 Å². The highest BCUT2D eigenvalue weighted by molar-refractivity contribution is 4.99. The lowest BCUT2D eigenvalue weighted by molar-refractivity contribution is -0.202. The molecular formula is C5H11N3O. The Kier molecular flexibility index (Phi) is 2.05. The average Bonchev–Trinajstić information content (AvgIpc) is 1.90. The maximum Gasteiger partial charge on any atom is 0.0611 e. The Morgan fingerprint density at radius 1 is 1.78 bits per heavy atom. The molecule has 0 amide bonds. The van der Waals surface area contributed by atoms with Crippen LogP contribution in [0.25, 0.3) is 0 Å². The van der Waals surface area contributed by atoms with E-state index >= 15 is 0 Å². The number of hydrazine groups is 2. The molecule has 52 valence electrons. The Hall–Kier alpha value is -0.580. The zero-order valence-electron chi connectivity index (χ0n) is 5.64. The van der Waals surface area contributed by atoms with Crippen molar-refractivity contribution in [3.05, 3.63) is 11.8 Å². The van der Waals surface area contributed by atoms with E-state index in [4.69, 9.17) is 4.84 Å². The van der Waals surface area contributed by atoms with Crippen LogP contribution in [0, 0.1) is 0 Å². The molecule has 0 aromatic rings. The topological polar surface area (TPSA) is 36.5 Å². The van der Waals surface area contributed by atoms with Crippen molar-refractivity contribution in [3.63, 3.8) is 0 Å². The van der Waals surface area contributed by atoms with Crippen LogP contribution in [0.1, 0.15) is 6.92 Å². The van der Waals surface area contributed by atoms with E-state index in [9.17, 15) is 0 Å². The average molecular weight is 129 g/mol. The molecule has 0 fully saturated rings. The van der Waals surface area contributed by atoms with Gasteiger partial charge in [0.05, 0.1) is 7.11 Å². The molecular weight excluding hydrogens is 118 g/mol. The molecule has 0 atom stereocenters. The molecule has 4 nitrogen and oxygen atoms in total. The molecule has 0 aromatic heterocycles. The van der Waals surface area contributed by atoms with Crippen LogP contribution in [0.4, 0.5) is 0 Å². The van der Waals surface area contributed by atoms with Crippen molar-refractivity contribution in [3.8, 4) is 0 Å².